The van der Waals surface area contributed by atoms with Gasteiger partial charge in [-0.2, -0.15) is 0 Å². The fourth-order valence-electron chi connectivity index (χ4n) is 3.11. The molecule has 9 heteroatoms. The Kier molecular flexibility index (Phi) is 8.39. The van der Waals surface area contributed by atoms with Crippen LogP contribution >= 0.6 is 11.3 Å². The van der Waals surface area contributed by atoms with Crippen LogP contribution in [0.5, 0.6) is 5.75 Å². The van der Waals surface area contributed by atoms with Gasteiger partial charge in [-0.25, -0.2) is 4.98 Å². The van der Waals surface area contributed by atoms with Crippen LogP contribution < -0.4 is 9.64 Å². The lowest BCUT2D eigenvalue weighted by atomic mass is 10.1. The molecule has 31 heavy (non-hydrogen) atoms. The van der Waals surface area contributed by atoms with Gasteiger partial charge >= 0.3 is 5.97 Å². The van der Waals surface area contributed by atoms with Crippen LogP contribution in [0.2, 0.25) is 0 Å². The number of hydrogen-bond acceptors (Lipinski definition) is 8. The van der Waals surface area contributed by atoms with E-state index in [0.29, 0.717) is 31.3 Å². The summed E-state index contributed by atoms with van der Waals surface area (Å²) in [6, 6.07) is 5.53. The highest BCUT2D eigenvalue weighted by molar-refractivity contribution is 7.09. The first-order valence-electron chi connectivity index (χ1n) is 10.3. The number of hydrogen-bond donors (Lipinski definition) is 0. The number of methoxy groups -OCH3 is 1. The highest BCUT2D eigenvalue weighted by atomic mass is 32.1. The van der Waals surface area contributed by atoms with Crippen molar-refractivity contribution in [1.29, 1.82) is 0 Å². The molecule has 0 N–H and O–H groups in total. The van der Waals surface area contributed by atoms with Gasteiger partial charge in [0.25, 0.3) is 5.91 Å². The normalized spacial score (nSPS) is 15.5. The first kappa shape index (κ1) is 23.2. The zero-order valence-electron chi connectivity index (χ0n) is 18.1. The molecule has 0 radical (unpaired) electrons. The monoisotopic (exact) mass is 448 g/mol. The summed E-state index contributed by atoms with van der Waals surface area (Å²) >= 11 is 1.56. The molecule has 0 aliphatic carbocycles. The van der Waals surface area contributed by atoms with E-state index in [9.17, 15) is 9.59 Å². The van der Waals surface area contributed by atoms with Crippen LogP contribution in [0.3, 0.4) is 0 Å². The molecule has 1 atom stereocenters. The molecule has 0 saturated carbocycles. The van der Waals surface area contributed by atoms with Crippen LogP contribution in [0.4, 0.5) is 5.69 Å². The lowest BCUT2D eigenvalue weighted by Gasteiger charge is -2.32. The van der Waals surface area contributed by atoms with Gasteiger partial charge in [0, 0.05) is 31.1 Å². The second kappa shape index (κ2) is 11.2. The summed E-state index contributed by atoms with van der Waals surface area (Å²) in [5.41, 5.74) is 2.18. The van der Waals surface area contributed by atoms with Crippen molar-refractivity contribution in [3.8, 4) is 17.0 Å². The van der Waals surface area contributed by atoms with Crippen LogP contribution in [0, 0.1) is 0 Å². The van der Waals surface area contributed by atoms with Gasteiger partial charge in [-0.1, -0.05) is 6.92 Å². The predicted molar refractivity (Wildman–Crippen MR) is 118 cm³/mol. The number of nitrogens with zero attached hydrogens (tertiary/aromatic N) is 2. The number of rotatable bonds is 11. The molecule has 0 fully saturated rings. The minimum Gasteiger partial charge on any atom is -0.479 e. The minimum atomic E-state index is -0.682. The van der Waals surface area contributed by atoms with E-state index in [1.165, 1.54) is 4.90 Å². The summed E-state index contributed by atoms with van der Waals surface area (Å²) in [6.45, 7) is 5.21. The van der Waals surface area contributed by atoms with E-state index in [4.69, 9.17) is 18.9 Å². The number of fused-ring (bicyclic) bond motifs is 1. The predicted octanol–water partition coefficient (Wildman–Crippen LogP) is 3.08. The third-order valence-corrected chi connectivity index (χ3v) is 5.57. The SMILES string of the molecule is CCCOCCOC(=O)CN1C(=O)C(C)Oc2ccc(-c3csc(CCOC)n3)cc21. The van der Waals surface area contributed by atoms with Gasteiger partial charge in [0.15, 0.2) is 6.10 Å². The Morgan fingerprint density at radius 3 is 2.87 bits per heavy atom. The number of amides is 1. The lowest BCUT2D eigenvalue weighted by Crippen LogP contribution is -2.47. The molecule has 1 aliphatic rings. The zero-order valence-corrected chi connectivity index (χ0v) is 18.9. The number of esters is 1. The molecule has 168 valence electrons. The van der Waals surface area contributed by atoms with Crippen molar-refractivity contribution < 1.29 is 28.5 Å². The third-order valence-electron chi connectivity index (χ3n) is 4.66. The van der Waals surface area contributed by atoms with Crippen LogP contribution in [-0.4, -0.2) is 63.0 Å². The number of benzene rings is 1. The van der Waals surface area contributed by atoms with E-state index in [1.54, 1.807) is 31.4 Å². The molecule has 2 aromatic rings. The largest absolute Gasteiger partial charge is 0.479 e. The molecular weight excluding hydrogens is 420 g/mol. The van der Waals surface area contributed by atoms with Gasteiger partial charge in [0.2, 0.25) is 0 Å². The Balaban J connectivity index is 1.74. The quantitative estimate of drug-likeness (QED) is 0.386. The van der Waals surface area contributed by atoms with E-state index in [2.05, 4.69) is 4.98 Å². The van der Waals surface area contributed by atoms with Crippen LogP contribution in [-0.2, 0) is 30.2 Å². The minimum absolute atomic E-state index is 0.156. The van der Waals surface area contributed by atoms with Crippen molar-refractivity contribution in [3.63, 3.8) is 0 Å². The molecule has 2 heterocycles. The average Bonchev–Trinajstić information content (AvgIpc) is 3.24. The smallest absolute Gasteiger partial charge is 0.326 e. The molecule has 8 nitrogen and oxygen atoms in total. The molecule has 0 spiro atoms. The summed E-state index contributed by atoms with van der Waals surface area (Å²) in [5, 5.41) is 2.94. The summed E-state index contributed by atoms with van der Waals surface area (Å²) < 4.78 is 21.4. The zero-order chi connectivity index (χ0) is 22.2. The van der Waals surface area contributed by atoms with Gasteiger partial charge in [0.05, 0.1) is 29.6 Å². The van der Waals surface area contributed by atoms with E-state index in [1.807, 2.05) is 24.4 Å². The second-order valence-electron chi connectivity index (χ2n) is 7.07. The molecule has 1 unspecified atom stereocenters. The topological polar surface area (TPSA) is 87.2 Å². The highest BCUT2D eigenvalue weighted by Crippen LogP contribution is 2.37. The van der Waals surface area contributed by atoms with E-state index >= 15 is 0 Å². The van der Waals surface area contributed by atoms with Crippen LogP contribution in [0.1, 0.15) is 25.3 Å². The number of aromatic nitrogens is 1. The van der Waals surface area contributed by atoms with Gasteiger partial charge in [-0.15, -0.1) is 11.3 Å². The molecule has 1 aromatic heterocycles. The van der Waals surface area contributed by atoms with Gasteiger partial charge in [-0.3, -0.25) is 14.5 Å². The Hall–Kier alpha value is -2.49. The molecule has 0 saturated heterocycles. The number of ether oxygens (including phenoxy) is 4. The number of carbonyl (C=O) groups excluding carboxylic acids is 2. The molecule has 1 aliphatic heterocycles. The standard InChI is InChI=1S/C22H28N2O6S/c1-4-8-28-10-11-29-21(25)13-24-18-12-16(5-6-19(18)30-15(2)22(24)26)17-14-31-20(23-17)7-9-27-3/h5-6,12,14-15H,4,7-11,13H2,1-3H3. The van der Waals surface area contributed by atoms with Crippen molar-refractivity contribution >= 4 is 28.9 Å². The van der Waals surface area contributed by atoms with Gasteiger partial charge in [-0.05, 0) is 31.5 Å². The number of thiazole rings is 1. The molecular formula is C22H28N2O6S. The second-order valence-corrected chi connectivity index (χ2v) is 8.01. The van der Waals surface area contributed by atoms with Crippen molar-refractivity contribution in [2.45, 2.75) is 32.8 Å². The summed E-state index contributed by atoms with van der Waals surface area (Å²) in [4.78, 5) is 31.1. The fourth-order valence-corrected chi connectivity index (χ4v) is 3.90. The summed E-state index contributed by atoms with van der Waals surface area (Å²) in [6.07, 6.45) is 0.963. The third kappa shape index (κ3) is 6.03. The Bertz CT molecular complexity index is 900. The molecule has 3 rings (SSSR count). The number of carbonyl (C=O) groups is 2. The fraction of sp³-hybridized carbons (Fsp3) is 0.500. The van der Waals surface area contributed by atoms with Crippen molar-refractivity contribution in [1.82, 2.24) is 4.98 Å². The molecule has 0 bridgehead atoms. The molecule has 1 aromatic carbocycles. The Labute approximate surface area is 186 Å². The first-order valence-corrected chi connectivity index (χ1v) is 11.2. The number of anilines is 1. The van der Waals surface area contributed by atoms with Crippen molar-refractivity contribution in [2.75, 3.05) is 45.0 Å². The van der Waals surface area contributed by atoms with E-state index in [0.717, 1.165) is 29.1 Å². The lowest BCUT2D eigenvalue weighted by molar-refractivity contribution is -0.144. The van der Waals surface area contributed by atoms with E-state index in [-0.39, 0.29) is 19.1 Å². The maximum Gasteiger partial charge on any atom is 0.326 e. The Morgan fingerprint density at radius 2 is 2.10 bits per heavy atom. The maximum atomic E-state index is 12.7. The maximum absolute atomic E-state index is 12.7. The van der Waals surface area contributed by atoms with Crippen LogP contribution in [0.15, 0.2) is 23.6 Å². The van der Waals surface area contributed by atoms with Gasteiger partial charge in [0.1, 0.15) is 18.9 Å². The summed E-state index contributed by atoms with van der Waals surface area (Å²) in [5.74, 6) is -0.234. The van der Waals surface area contributed by atoms with E-state index < -0.39 is 12.1 Å². The average molecular weight is 449 g/mol. The highest BCUT2D eigenvalue weighted by Gasteiger charge is 2.33. The Morgan fingerprint density at radius 1 is 1.26 bits per heavy atom. The van der Waals surface area contributed by atoms with Crippen molar-refractivity contribution in [2.24, 2.45) is 0 Å². The van der Waals surface area contributed by atoms with Crippen molar-refractivity contribution in [3.05, 3.63) is 28.6 Å². The first-order chi connectivity index (χ1) is 15.0. The van der Waals surface area contributed by atoms with Crippen LogP contribution in [0.25, 0.3) is 11.3 Å². The summed E-state index contributed by atoms with van der Waals surface area (Å²) in [7, 11) is 1.66. The van der Waals surface area contributed by atoms with Gasteiger partial charge < -0.3 is 18.9 Å². The molecule has 1 amide bonds.